The molecule has 0 aliphatic carbocycles. The maximum atomic E-state index is 5.89. The molecule has 6 nitrogen and oxygen atoms in total. The molecule has 1 aromatic carbocycles. The normalized spacial score (nSPS) is 11.1. The van der Waals surface area contributed by atoms with Gasteiger partial charge < -0.3 is 13.7 Å². The Bertz CT molecular complexity index is 1040. The van der Waals surface area contributed by atoms with Gasteiger partial charge in [0.05, 0.1) is 12.7 Å². The fraction of sp³-hybridized carbons (Fsp3) is 0.118. The van der Waals surface area contributed by atoms with Crippen LogP contribution in [0.1, 0.15) is 5.56 Å². The number of furan rings is 1. The highest BCUT2D eigenvalue weighted by molar-refractivity contribution is 9.10. The van der Waals surface area contributed by atoms with Crippen LogP contribution in [-0.4, -0.2) is 22.2 Å². The summed E-state index contributed by atoms with van der Waals surface area (Å²) in [6, 6.07) is 7.51. The number of rotatable bonds is 3. The van der Waals surface area contributed by atoms with E-state index in [4.69, 9.17) is 13.7 Å². The molecular weight excluding hydrogens is 374 g/mol. The summed E-state index contributed by atoms with van der Waals surface area (Å²) < 4.78 is 17.3. The largest absolute Gasteiger partial charge is 0.497 e. The van der Waals surface area contributed by atoms with Crippen LogP contribution in [-0.2, 0) is 0 Å². The van der Waals surface area contributed by atoms with E-state index in [2.05, 4.69) is 31.1 Å². The Hall–Kier alpha value is -2.67. The van der Waals surface area contributed by atoms with Crippen molar-refractivity contribution in [3.8, 4) is 28.8 Å². The van der Waals surface area contributed by atoms with Crippen molar-refractivity contribution < 1.29 is 13.7 Å². The first kappa shape index (κ1) is 14.9. The van der Waals surface area contributed by atoms with Crippen LogP contribution in [0.25, 0.3) is 34.0 Å². The van der Waals surface area contributed by atoms with Gasteiger partial charge in [0, 0.05) is 27.8 Å². The predicted molar refractivity (Wildman–Crippen MR) is 91.7 cm³/mol. The average molecular weight is 386 g/mol. The van der Waals surface area contributed by atoms with E-state index >= 15 is 0 Å². The molecule has 4 rings (SSSR count). The van der Waals surface area contributed by atoms with Crippen molar-refractivity contribution in [2.45, 2.75) is 6.92 Å². The van der Waals surface area contributed by atoms with Crippen molar-refractivity contribution in [2.75, 3.05) is 7.11 Å². The Labute approximate surface area is 145 Å². The molecular formula is C17H12BrN3O3. The van der Waals surface area contributed by atoms with Crippen LogP contribution in [0.5, 0.6) is 5.75 Å². The van der Waals surface area contributed by atoms with E-state index in [-0.39, 0.29) is 0 Å². The summed E-state index contributed by atoms with van der Waals surface area (Å²) in [5, 5.41) is 5.00. The quantitative estimate of drug-likeness (QED) is 0.511. The van der Waals surface area contributed by atoms with Gasteiger partial charge in [-0.3, -0.25) is 4.98 Å². The lowest BCUT2D eigenvalue weighted by Gasteiger charge is -1.97. The number of methoxy groups -OCH3 is 1. The molecule has 24 heavy (non-hydrogen) atoms. The lowest BCUT2D eigenvalue weighted by molar-refractivity contribution is 0.415. The van der Waals surface area contributed by atoms with Gasteiger partial charge in [-0.05, 0) is 47.1 Å². The number of ether oxygens (including phenoxy) is 1. The Morgan fingerprint density at radius 1 is 1.17 bits per heavy atom. The fourth-order valence-corrected chi connectivity index (χ4v) is 2.87. The number of halogens is 1. The average Bonchev–Trinajstić information content (AvgIpc) is 3.20. The van der Waals surface area contributed by atoms with Crippen LogP contribution in [0.3, 0.4) is 0 Å². The summed E-state index contributed by atoms with van der Waals surface area (Å²) in [5.74, 6) is 2.14. The van der Waals surface area contributed by atoms with E-state index < -0.39 is 0 Å². The number of aryl methyl sites for hydroxylation is 1. The molecule has 0 bridgehead atoms. The minimum Gasteiger partial charge on any atom is -0.497 e. The van der Waals surface area contributed by atoms with E-state index in [1.807, 2.05) is 31.2 Å². The minimum atomic E-state index is 0.385. The van der Waals surface area contributed by atoms with E-state index in [1.165, 1.54) is 0 Å². The Morgan fingerprint density at radius 3 is 2.83 bits per heavy atom. The molecule has 120 valence electrons. The Kier molecular flexibility index (Phi) is 3.57. The van der Waals surface area contributed by atoms with Crippen molar-refractivity contribution in [3.05, 3.63) is 46.7 Å². The summed E-state index contributed by atoms with van der Waals surface area (Å²) in [4.78, 5) is 8.53. The van der Waals surface area contributed by atoms with E-state index in [0.29, 0.717) is 17.5 Å². The van der Waals surface area contributed by atoms with Crippen molar-refractivity contribution in [3.63, 3.8) is 0 Å². The monoisotopic (exact) mass is 385 g/mol. The number of benzene rings is 1. The Morgan fingerprint density at radius 2 is 2.04 bits per heavy atom. The first-order valence-corrected chi connectivity index (χ1v) is 7.97. The molecule has 0 saturated heterocycles. The molecule has 0 N–H and O–H groups in total. The molecule has 3 aromatic heterocycles. The highest BCUT2D eigenvalue weighted by atomic mass is 79.9. The lowest BCUT2D eigenvalue weighted by atomic mass is 10.1. The standard InChI is InChI=1S/C17H12BrN3O3/c1-9-13-6-12(22-2)3-4-14(13)23-15(9)16-20-17(24-21-16)10-5-11(18)8-19-7-10/h3-8H,1-2H3. The summed E-state index contributed by atoms with van der Waals surface area (Å²) >= 11 is 3.38. The van der Waals surface area contributed by atoms with Crippen LogP contribution in [0.2, 0.25) is 0 Å². The van der Waals surface area contributed by atoms with Gasteiger partial charge in [0.25, 0.3) is 5.89 Å². The van der Waals surface area contributed by atoms with Gasteiger partial charge in [-0.2, -0.15) is 4.98 Å². The third kappa shape index (κ3) is 2.46. The molecule has 0 saturated carbocycles. The van der Waals surface area contributed by atoms with Crippen LogP contribution < -0.4 is 4.74 Å². The zero-order valence-corrected chi connectivity index (χ0v) is 14.5. The first-order valence-electron chi connectivity index (χ1n) is 7.18. The van der Waals surface area contributed by atoms with Crippen molar-refractivity contribution in [1.82, 2.24) is 15.1 Å². The van der Waals surface area contributed by atoms with Crippen LogP contribution >= 0.6 is 15.9 Å². The molecule has 0 unspecified atom stereocenters. The second-order valence-corrected chi connectivity index (χ2v) is 6.15. The highest BCUT2D eigenvalue weighted by Crippen LogP contribution is 2.34. The summed E-state index contributed by atoms with van der Waals surface area (Å²) in [7, 11) is 1.63. The molecule has 0 aliphatic rings. The number of aromatic nitrogens is 3. The van der Waals surface area contributed by atoms with Gasteiger partial charge in [-0.15, -0.1) is 0 Å². The lowest BCUT2D eigenvalue weighted by Crippen LogP contribution is -1.83. The van der Waals surface area contributed by atoms with E-state index in [1.54, 1.807) is 19.5 Å². The van der Waals surface area contributed by atoms with Gasteiger partial charge in [0.1, 0.15) is 11.3 Å². The number of pyridine rings is 1. The molecule has 0 radical (unpaired) electrons. The second-order valence-electron chi connectivity index (χ2n) is 5.23. The SMILES string of the molecule is COc1ccc2oc(-c3noc(-c4cncc(Br)c4)n3)c(C)c2c1. The summed E-state index contributed by atoms with van der Waals surface area (Å²) in [5.41, 5.74) is 2.42. The van der Waals surface area contributed by atoms with E-state index in [9.17, 15) is 0 Å². The van der Waals surface area contributed by atoms with Crippen LogP contribution in [0.15, 0.2) is 50.1 Å². The molecule has 0 fully saturated rings. The van der Waals surface area contributed by atoms with Gasteiger partial charge in [-0.1, -0.05) is 5.16 Å². The highest BCUT2D eigenvalue weighted by Gasteiger charge is 2.19. The first-order chi connectivity index (χ1) is 11.7. The van der Waals surface area contributed by atoms with Crippen LogP contribution in [0.4, 0.5) is 0 Å². The maximum Gasteiger partial charge on any atom is 0.259 e. The zero-order chi connectivity index (χ0) is 16.7. The van der Waals surface area contributed by atoms with Crippen LogP contribution in [0, 0.1) is 6.92 Å². The van der Waals surface area contributed by atoms with Gasteiger partial charge in [0.2, 0.25) is 5.82 Å². The second kappa shape index (κ2) is 5.76. The van der Waals surface area contributed by atoms with Crippen molar-refractivity contribution in [1.29, 1.82) is 0 Å². The number of hydrogen-bond acceptors (Lipinski definition) is 6. The Balaban J connectivity index is 1.79. The van der Waals surface area contributed by atoms with Gasteiger partial charge >= 0.3 is 0 Å². The summed E-state index contributed by atoms with van der Waals surface area (Å²) in [6.07, 6.45) is 3.36. The fourth-order valence-electron chi connectivity index (χ4n) is 2.50. The zero-order valence-electron chi connectivity index (χ0n) is 12.9. The molecule has 0 amide bonds. The van der Waals surface area contributed by atoms with Crippen molar-refractivity contribution in [2.24, 2.45) is 0 Å². The summed E-state index contributed by atoms with van der Waals surface area (Å²) in [6.45, 7) is 1.96. The van der Waals surface area contributed by atoms with E-state index in [0.717, 1.165) is 32.3 Å². The molecule has 7 heteroatoms. The van der Waals surface area contributed by atoms with Gasteiger partial charge in [0.15, 0.2) is 5.76 Å². The molecule has 3 heterocycles. The maximum absolute atomic E-state index is 5.89. The topological polar surface area (TPSA) is 74.2 Å². The minimum absolute atomic E-state index is 0.385. The number of fused-ring (bicyclic) bond motifs is 1. The number of nitrogens with zero attached hydrogens (tertiary/aromatic N) is 3. The molecule has 4 aromatic rings. The number of hydrogen-bond donors (Lipinski definition) is 0. The molecule has 0 atom stereocenters. The predicted octanol–water partition coefficient (Wildman–Crippen LogP) is 4.62. The van der Waals surface area contributed by atoms with Crippen molar-refractivity contribution >= 4 is 26.9 Å². The molecule has 0 aliphatic heterocycles. The smallest absolute Gasteiger partial charge is 0.259 e. The van der Waals surface area contributed by atoms with Gasteiger partial charge in [-0.25, -0.2) is 0 Å². The third-order valence-corrected chi connectivity index (χ3v) is 4.16. The third-order valence-electron chi connectivity index (χ3n) is 3.72. The molecule has 0 spiro atoms.